The van der Waals surface area contributed by atoms with Gasteiger partial charge in [-0.25, -0.2) is 15.0 Å². The zero-order valence-electron chi connectivity index (χ0n) is 14.1. The van der Waals surface area contributed by atoms with E-state index in [4.69, 9.17) is 9.15 Å². The van der Waals surface area contributed by atoms with Crippen LogP contribution in [-0.2, 0) is 6.42 Å². The van der Waals surface area contributed by atoms with E-state index in [1.807, 2.05) is 30.5 Å². The lowest BCUT2D eigenvalue weighted by Crippen LogP contribution is -2.20. The molecule has 128 valence electrons. The summed E-state index contributed by atoms with van der Waals surface area (Å²) < 4.78 is 11.3. The minimum Gasteiger partial charge on any atom is -0.497 e. The van der Waals surface area contributed by atoms with Crippen molar-refractivity contribution in [1.82, 2.24) is 15.0 Å². The molecule has 0 radical (unpaired) electrons. The maximum Gasteiger partial charge on any atom is 0.199 e. The van der Waals surface area contributed by atoms with Gasteiger partial charge in [-0.2, -0.15) is 0 Å². The van der Waals surface area contributed by atoms with Crippen LogP contribution >= 0.6 is 0 Å². The van der Waals surface area contributed by atoms with Crippen molar-refractivity contribution in [2.75, 3.05) is 25.1 Å². The third-order valence-electron chi connectivity index (χ3n) is 4.51. The number of ether oxygens (including phenoxy) is 1. The molecule has 0 spiro atoms. The molecule has 0 bridgehead atoms. The fraction of sp³-hybridized carbons (Fsp3) is 0.316. The maximum absolute atomic E-state index is 6.02. The second kappa shape index (κ2) is 6.93. The number of aromatic nitrogens is 3. The monoisotopic (exact) mass is 336 g/mol. The molecular weight excluding hydrogens is 316 g/mol. The van der Waals surface area contributed by atoms with Gasteiger partial charge in [0.25, 0.3) is 0 Å². The Morgan fingerprint density at radius 3 is 3.08 bits per heavy atom. The van der Waals surface area contributed by atoms with E-state index in [0.717, 1.165) is 48.3 Å². The lowest BCUT2D eigenvalue weighted by Gasteiger charge is -2.15. The molecule has 4 rings (SSSR count). The highest BCUT2D eigenvalue weighted by atomic mass is 16.5. The number of methoxy groups -OCH3 is 1. The summed E-state index contributed by atoms with van der Waals surface area (Å²) in [6, 6.07) is 9.95. The van der Waals surface area contributed by atoms with Crippen molar-refractivity contribution in [3.8, 4) is 5.75 Å². The van der Waals surface area contributed by atoms with Crippen LogP contribution in [0.1, 0.15) is 29.6 Å². The van der Waals surface area contributed by atoms with Gasteiger partial charge in [-0.1, -0.05) is 12.1 Å². The molecule has 6 nitrogen and oxygen atoms in total. The van der Waals surface area contributed by atoms with Crippen molar-refractivity contribution in [1.29, 1.82) is 0 Å². The predicted octanol–water partition coefficient (Wildman–Crippen LogP) is 3.06. The maximum atomic E-state index is 6.02. The van der Waals surface area contributed by atoms with Crippen LogP contribution in [0.15, 0.2) is 53.5 Å². The number of benzene rings is 1. The molecule has 1 aliphatic heterocycles. The molecule has 1 aromatic carbocycles. The number of nitrogens with zero attached hydrogens (tertiary/aromatic N) is 4. The van der Waals surface area contributed by atoms with Gasteiger partial charge >= 0.3 is 0 Å². The van der Waals surface area contributed by atoms with Gasteiger partial charge in [0.05, 0.1) is 19.2 Å². The smallest absolute Gasteiger partial charge is 0.199 e. The van der Waals surface area contributed by atoms with E-state index in [0.29, 0.717) is 12.3 Å². The third-order valence-corrected chi connectivity index (χ3v) is 4.51. The number of hydrogen-bond donors (Lipinski definition) is 0. The Bertz CT molecular complexity index is 834. The number of rotatable bonds is 5. The first-order chi connectivity index (χ1) is 12.3. The largest absolute Gasteiger partial charge is 0.497 e. The number of anilines is 1. The Kier molecular flexibility index (Phi) is 4.33. The predicted molar refractivity (Wildman–Crippen MR) is 93.9 cm³/mol. The Labute approximate surface area is 146 Å². The summed E-state index contributed by atoms with van der Waals surface area (Å²) in [5, 5.41) is 0. The summed E-state index contributed by atoms with van der Waals surface area (Å²) in [6.45, 7) is 1.82. The minimum absolute atomic E-state index is 0.300. The van der Waals surface area contributed by atoms with Gasteiger partial charge < -0.3 is 14.1 Å². The topological polar surface area (TPSA) is 64.3 Å². The van der Waals surface area contributed by atoms with Crippen molar-refractivity contribution in [3.05, 3.63) is 66.3 Å². The molecule has 0 N–H and O–H groups in total. The zero-order valence-corrected chi connectivity index (χ0v) is 14.1. The quantitative estimate of drug-likeness (QED) is 0.713. The van der Waals surface area contributed by atoms with Crippen LogP contribution in [-0.4, -0.2) is 35.2 Å². The summed E-state index contributed by atoms with van der Waals surface area (Å²) in [7, 11) is 1.68. The van der Waals surface area contributed by atoms with Crippen LogP contribution in [0.5, 0.6) is 5.75 Å². The van der Waals surface area contributed by atoms with Gasteiger partial charge in [-0.3, -0.25) is 0 Å². The normalized spacial score (nSPS) is 17.0. The highest BCUT2D eigenvalue weighted by Gasteiger charge is 2.28. The highest BCUT2D eigenvalue weighted by molar-refractivity contribution is 5.39. The van der Waals surface area contributed by atoms with Crippen molar-refractivity contribution in [2.24, 2.45) is 0 Å². The molecule has 25 heavy (non-hydrogen) atoms. The first kappa shape index (κ1) is 15.6. The first-order valence-corrected chi connectivity index (χ1v) is 8.40. The first-order valence-electron chi connectivity index (χ1n) is 8.40. The minimum atomic E-state index is 0.300. The molecule has 3 heterocycles. The standard InChI is InChI=1S/C19H20N4O2/c1-24-16-4-2-3-14(9-16)10-17-11-21-19(25-17)15-6-8-23(12-15)18-5-7-20-13-22-18/h2-5,7,9,11,13,15H,6,8,10,12H2,1H3/t15-/m0/s1. The van der Waals surface area contributed by atoms with Gasteiger partial charge in [0.2, 0.25) is 0 Å². The van der Waals surface area contributed by atoms with Gasteiger partial charge in [-0.15, -0.1) is 0 Å². The average Bonchev–Trinajstić information content (AvgIpc) is 3.32. The zero-order chi connectivity index (χ0) is 17.1. The lowest BCUT2D eigenvalue weighted by molar-refractivity contribution is 0.413. The molecule has 3 aromatic rings. The Hall–Kier alpha value is -2.89. The fourth-order valence-corrected chi connectivity index (χ4v) is 3.22. The Morgan fingerprint density at radius 2 is 2.24 bits per heavy atom. The SMILES string of the molecule is COc1cccc(Cc2cnc([C@H]3CCN(c4ccncn4)C3)o2)c1. The molecule has 1 saturated heterocycles. The van der Waals surface area contributed by atoms with Crippen LogP contribution in [0.2, 0.25) is 0 Å². The number of oxazole rings is 1. The Balaban J connectivity index is 1.43. The molecular formula is C19H20N4O2. The molecule has 0 amide bonds. The van der Waals surface area contributed by atoms with Crippen LogP contribution < -0.4 is 9.64 Å². The van der Waals surface area contributed by atoms with Crippen molar-refractivity contribution in [2.45, 2.75) is 18.8 Å². The molecule has 1 fully saturated rings. The lowest BCUT2D eigenvalue weighted by atomic mass is 10.1. The van der Waals surface area contributed by atoms with E-state index < -0.39 is 0 Å². The molecule has 2 aromatic heterocycles. The third kappa shape index (κ3) is 3.47. The summed E-state index contributed by atoms with van der Waals surface area (Å²) in [4.78, 5) is 15.0. The van der Waals surface area contributed by atoms with E-state index in [1.54, 1.807) is 19.6 Å². The summed E-state index contributed by atoms with van der Waals surface area (Å²) >= 11 is 0. The fourth-order valence-electron chi connectivity index (χ4n) is 3.22. The molecule has 1 aliphatic rings. The van der Waals surface area contributed by atoms with Crippen molar-refractivity contribution < 1.29 is 9.15 Å². The van der Waals surface area contributed by atoms with E-state index in [9.17, 15) is 0 Å². The van der Waals surface area contributed by atoms with Gasteiger partial charge in [0, 0.05) is 25.7 Å². The van der Waals surface area contributed by atoms with Gasteiger partial charge in [0.15, 0.2) is 5.89 Å². The van der Waals surface area contributed by atoms with E-state index in [2.05, 4.69) is 25.9 Å². The van der Waals surface area contributed by atoms with Crippen LogP contribution in [0.3, 0.4) is 0 Å². The van der Waals surface area contributed by atoms with E-state index >= 15 is 0 Å². The van der Waals surface area contributed by atoms with E-state index in [-0.39, 0.29) is 0 Å². The second-order valence-corrected chi connectivity index (χ2v) is 6.19. The summed E-state index contributed by atoms with van der Waals surface area (Å²) in [5.41, 5.74) is 1.15. The molecule has 1 atom stereocenters. The van der Waals surface area contributed by atoms with E-state index in [1.165, 1.54) is 0 Å². The van der Waals surface area contributed by atoms with Crippen molar-refractivity contribution in [3.63, 3.8) is 0 Å². The number of hydrogen-bond acceptors (Lipinski definition) is 6. The van der Waals surface area contributed by atoms with Crippen LogP contribution in [0.25, 0.3) is 0 Å². The second-order valence-electron chi connectivity index (χ2n) is 6.19. The van der Waals surface area contributed by atoms with Crippen LogP contribution in [0, 0.1) is 0 Å². The van der Waals surface area contributed by atoms with Gasteiger partial charge in [-0.05, 0) is 30.2 Å². The molecule has 0 aliphatic carbocycles. The molecule has 6 heteroatoms. The Morgan fingerprint density at radius 1 is 1.28 bits per heavy atom. The molecule has 0 saturated carbocycles. The highest BCUT2D eigenvalue weighted by Crippen LogP contribution is 2.29. The van der Waals surface area contributed by atoms with Gasteiger partial charge in [0.1, 0.15) is 23.7 Å². The van der Waals surface area contributed by atoms with Crippen molar-refractivity contribution >= 4 is 5.82 Å². The average molecular weight is 336 g/mol. The van der Waals surface area contributed by atoms with Crippen LogP contribution in [0.4, 0.5) is 5.82 Å². The summed E-state index contributed by atoms with van der Waals surface area (Å²) in [6.07, 6.45) is 6.92. The summed E-state index contributed by atoms with van der Waals surface area (Å²) in [5.74, 6) is 3.81. The molecule has 0 unspecified atom stereocenters.